The molecule has 1 aromatic carbocycles. The van der Waals surface area contributed by atoms with Crippen LogP contribution >= 0.6 is 15.9 Å². The van der Waals surface area contributed by atoms with E-state index >= 15 is 0 Å². The summed E-state index contributed by atoms with van der Waals surface area (Å²) in [5.74, 6) is 0.512. The van der Waals surface area contributed by atoms with Gasteiger partial charge in [-0.1, -0.05) is 15.9 Å². The fourth-order valence-electron chi connectivity index (χ4n) is 1.67. The number of aromatic nitrogens is 2. The first kappa shape index (κ1) is 12.3. The van der Waals surface area contributed by atoms with Crippen molar-refractivity contribution in [1.29, 1.82) is 0 Å². The molecular formula is C12H13BrFN3. The predicted molar refractivity (Wildman–Crippen MR) is 69.2 cm³/mol. The molecule has 0 fully saturated rings. The van der Waals surface area contributed by atoms with E-state index in [2.05, 4.69) is 26.2 Å². The highest BCUT2D eigenvalue weighted by atomic mass is 79.9. The van der Waals surface area contributed by atoms with Gasteiger partial charge in [0.25, 0.3) is 0 Å². The van der Waals surface area contributed by atoms with Crippen LogP contribution in [-0.2, 0) is 6.54 Å². The van der Waals surface area contributed by atoms with Crippen molar-refractivity contribution >= 4 is 15.9 Å². The minimum Gasteiger partial charge on any atom is -0.330 e. The summed E-state index contributed by atoms with van der Waals surface area (Å²) in [5, 5.41) is 3.08. The van der Waals surface area contributed by atoms with Gasteiger partial charge in [0.05, 0.1) is 0 Å². The van der Waals surface area contributed by atoms with Gasteiger partial charge in [-0.15, -0.1) is 0 Å². The summed E-state index contributed by atoms with van der Waals surface area (Å²) in [6.07, 6.45) is 3.62. The van der Waals surface area contributed by atoms with Crippen LogP contribution in [0, 0.1) is 5.82 Å². The molecule has 0 saturated carbocycles. The maximum absolute atomic E-state index is 13.3. The average Bonchev–Trinajstić information content (AvgIpc) is 2.73. The highest BCUT2D eigenvalue weighted by Gasteiger charge is 2.07. The number of benzene rings is 1. The molecule has 0 bridgehead atoms. The van der Waals surface area contributed by atoms with Gasteiger partial charge >= 0.3 is 0 Å². The molecule has 0 unspecified atom stereocenters. The van der Waals surface area contributed by atoms with E-state index in [-0.39, 0.29) is 5.82 Å². The van der Waals surface area contributed by atoms with Gasteiger partial charge in [-0.2, -0.15) is 0 Å². The Hall–Kier alpha value is -1.20. The first-order valence-electron chi connectivity index (χ1n) is 5.33. The van der Waals surface area contributed by atoms with Crippen LogP contribution in [0.5, 0.6) is 0 Å². The zero-order valence-electron chi connectivity index (χ0n) is 9.45. The highest BCUT2D eigenvalue weighted by Crippen LogP contribution is 2.23. The average molecular weight is 298 g/mol. The van der Waals surface area contributed by atoms with E-state index in [0.717, 1.165) is 29.0 Å². The lowest BCUT2D eigenvalue weighted by molar-refractivity contribution is 0.625. The Morgan fingerprint density at radius 1 is 1.41 bits per heavy atom. The largest absolute Gasteiger partial charge is 0.330 e. The molecule has 90 valence electrons. The van der Waals surface area contributed by atoms with Gasteiger partial charge in [-0.25, -0.2) is 9.37 Å². The van der Waals surface area contributed by atoms with Crippen molar-refractivity contribution in [2.24, 2.45) is 0 Å². The van der Waals surface area contributed by atoms with Gasteiger partial charge < -0.3 is 9.88 Å². The molecule has 0 radical (unpaired) electrons. The fourth-order valence-corrected chi connectivity index (χ4v) is 2.13. The number of nitrogens with zero attached hydrogens (tertiary/aromatic N) is 2. The standard InChI is InChI=1S/C12H13BrFN3/c1-15-2-4-17-5-3-16-12(17)9-6-10(13)8-11(14)7-9/h3,5-8,15H,2,4H2,1H3. The normalized spacial score (nSPS) is 10.8. The van der Waals surface area contributed by atoms with E-state index in [1.54, 1.807) is 6.20 Å². The molecule has 0 saturated heterocycles. The summed E-state index contributed by atoms with van der Waals surface area (Å²) >= 11 is 3.29. The van der Waals surface area contributed by atoms with Gasteiger partial charge in [0.1, 0.15) is 11.6 Å². The second kappa shape index (κ2) is 5.42. The molecule has 2 aromatic rings. The Morgan fingerprint density at radius 2 is 2.24 bits per heavy atom. The second-order valence-electron chi connectivity index (χ2n) is 3.71. The Morgan fingerprint density at radius 3 is 2.94 bits per heavy atom. The zero-order chi connectivity index (χ0) is 12.3. The van der Waals surface area contributed by atoms with Crippen LogP contribution < -0.4 is 5.32 Å². The predicted octanol–water partition coefficient (Wildman–Crippen LogP) is 2.67. The minimum atomic E-state index is -0.266. The van der Waals surface area contributed by atoms with Gasteiger partial charge in [0.2, 0.25) is 0 Å². The molecule has 0 aliphatic rings. The van der Waals surface area contributed by atoms with Crippen molar-refractivity contribution < 1.29 is 4.39 Å². The van der Waals surface area contributed by atoms with Crippen molar-refractivity contribution in [3.05, 3.63) is 40.9 Å². The molecule has 1 N–H and O–H groups in total. The topological polar surface area (TPSA) is 29.9 Å². The van der Waals surface area contributed by atoms with Crippen molar-refractivity contribution in [2.45, 2.75) is 6.54 Å². The molecule has 17 heavy (non-hydrogen) atoms. The molecule has 3 nitrogen and oxygen atoms in total. The minimum absolute atomic E-state index is 0.266. The first-order chi connectivity index (χ1) is 8.20. The lowest BCUT2D eigenvalue weighted by Gasteiger charge is -2.08. The number of likely N-dealkylation sites (N-methyl/N-ethyl adjacent to an activating group) is 1. The van der Waals surface area contributed by atoms with Crippen LogP contribution in [0.25, 0.3) is 11.4 Å². The van der Waals surface area contributed by atoms with E-state index in [1.807, 2.05) is 23.9 Å². The third-order valence-corrected chi connectivity index (χ3v) is 2.90. The van der Waals surface area contributed by atoms with Crippen molar-refractivity contribution in [3.8, 4) is 11.4 Å². The van der Waals surface area contributed by atoms with Crippen LogP contribution in [0.4, 0.5) is 4.39 Å². The van der Waals surface area contributed by atoms with E-state index < -0.39 is 0 Å². The molecule has 0 aliphatic carbocycles. The van der Waals surface area contributed by atoms with Crippen LogP contribution in [0.1, 0.15) is 0 Å². The third kappa shape index (κ3) is 2.92. The number of hydrogen-bond donors (Lipinski definition) is 1. The first-order valence-corrected chi connectivity index (χ1v) is 6.12. The quantitative estimate of drug-likeness (QED) is 0.940. The Labute approximate surface area is 108 Å². The van der Waals surface area contributed by atoms with E-state index in [1.165, 1.54) is 12.1 Å². The smallest absolute Gasteiger partial charge is 0.140 e. The van der Waals surface area contributed by atoms with Crippen molar-refractivity contribution in [2.75, 3.05) is 13.6 Å². The molecule has 1 aromatic heterocycles. The fraction of sp³-hybridized carbons (Fsp3) is 0.250. The Balaban J connectivity index is 2.35. The summed E-state index contributed by atoms with van der Waals surface area (Å²) in [6.45, 7) is 1.65. The summed E-state index contributed by atoms with van der Waals surface area (Å²) in [7, 11) is 1.90. The molecule has 2 rings (SSSR count). The number of halogens is 2. The van der Waals surface area contributed by atoms with Crippen molar-refractivity contribution in [1.82, 2.24) is 14.9 Å². The number of rotatable bonds is 4. The van der Waals surface area contributed by atoms with Crippen LogP contribution in [-0.4, -0.2) is 23.1 Å². The van der Waals surface area contributed by atoms with Crippen LogP contribution in [0.2, 0.25) is 0 Å². The van der Waals surface area contributed by atoms with Gasteiger partial charge in [0, 0.05) is 35.5 Å². The molecule has 0 amide bonds. The number of imidazole rings is 1. The lowest BCUT2D eigenvalue weighted by Crippen LogP contribution is -2.15. The maximum Gasteiger partial charge on any atom is 0.140 e. The van der Waals surface area contributed by atoms with Crippen LogP contribution in [0.3, 0.4) is 0 Å². The van der Waals surface area contributed by atoms with Gasteiger partial charge in [0.15, 0.2) is 0 Å². The monoisotopic (exact) mass is 297 g/mol. The SMILES string of the molecule is CNCCn1ccnc1-c1cc(F)cc(Br)c1. The summed E-state index contributed by atoms with van der Waals surface area (Å²) < 4.78 is 16.0. The highest BCUT2D eigenvalue weighted by molar-refractivity contribution is 9.10. The maximum atomic E-state index is 13.3. The Kier molecular flexibility index (Phi) is 3.91. The molecule has 0 atom stereocenters. The van der Waals surface area contributed by atoms with E-state index in [0.29, 0.717) is 0 Å². The summed E-state index contributed by atoms with van der Waals surface area (Å²) in [5.41, 5.74) is 0.776. The molecule has 1 heterocycles. The Bertz CT molecular complexity index is 490. The van der Waals surface area contributed by atoms with E-state index in [4.69, 9.17) is 0 Å². The van der Waals surface area contributed by atoms with Gasteiger partial charge in [-0.05, 0) is 25.2 Å². The molecule has 0 spiro atoms. The summed E-state index contributed by atoms with van der Waals surface area (Å²) in [4.78, 5) is 4.27. The van der Waals surface area contributed by atoms with Gasteiger partial charge in [-0.3, -0.25) is 0 Å². The lowest BCUT2D eigenvalue weighted by atomic mass is 10.2. The van der Waals surface area contributed by atoms with Crippen LogP contribution in [0.15, 0.2) is 35.1 Å². The summed E-state index contributed by atoms with van der Waals surface area (Å²) in [6, 6.07) is 4.79. The number of nitrogens with one attached hydrogen (secondary N) is 1. The van der Waals surface area contributed by atoms with E-state index in [9.17, 15) is 4.39 Å². The molecule has 5 heteroatoms. The second-order valence-corrected chi connectivity index (χ2v) is 4.62. The zero-order valence-corrected chi connectivity index (χ0v) is 11.0. The molecule has 0 aliphatic heterocycles. The van der Waals surface area contributed by atoms with Crippen molar-refractivity contribution in [3.63, 3.8) is 0 Å². The molecular weight excluding hydrogens is 285 g/mol. The number of hydrogen-bond acceptors (Lipinski definition) is 2. The third-order valence-electron chi connectivity index (χ3n) is 2.44.